The molecule has 0 aliphatic rings. The molecule has 1 rings (SSSR count). The lowest BCUT2D eigenvalue weighted by Gasteiger charge is -2.10. The first-order valence-corrected chi connectivity index (χ1v) is 4.39. The van der Waals surface area contributed by atoms with Crippen LogP contribution in [-0.2, 0) is 6.54 Å². The summed E-state index contributed by atoms with van der Waals surface area (Å²) in [5.74, 6) is 0. The fourth-order valence-corrected chi connectivity index (χ4v) is 1.56. The van der Waals surface area contributed by atoms with Crippen LogP contribution in [0, 0.1) is 6.92 Å². The SMILES string of the molecule is Cc1c(CN)cc(S)cc1B(O)O. The third-order valence-corrected chi connectivity index (χ3v) is 2.30. The van der Waals surface area contributed by atoms with Crippen molar-refractivity contribution in [3.8, 4) is 0 Å². The van der Waals surface area contributed by atoms with Gasteiger partial charge in [-0.2, -0.15) is 0 Å². The van der Waals surface area contributed by atoms with Gasteiger partial charge in [-0.05, 0) is 35.6 Å². The maximum absolute atomic E-state index is 9.03. The highest BCUT2D eigenvalue weighted by molar-refractivity contribution is 7.80. The van der Waals surface area contributed by atoms with Gasteiger partial charge < -0.3 is 15.8 Å². The first-order chi connectivity index (χ1) is 6.06. The van der Waals surface area contributed by atoms with Crippen LogP contribution >= 0.6 is 12.6 Å². The van der Waals surface area contributed by atoms with Crippen molar-refractivity contribution in [3.63, 3.8) is 0 Å². The molecular weight excluding hydrogens is 185 g/mol. The average Bonchev–Trinajstić information content (AvgIpc) is 2.08. The van der Waals surface area contributed by atoms with Crippen LogP contribution < -0.4 is 11.2 Å². The molecule has 0 atom stereocenters. The molecular formula is C8H12BNO2S. The minimum absolute atomic E-state index is 0.375. The summed E-state index contributed by atoms with van der Waals surface area (Å²) in [5.41, 5.74) is 7.66. The van der Waals surface area contributed by atoms with Crippen molar-refractivity contribution in [2.75, 3.05) is 0 Å². The van der Waals surface area contributed by atoms with E-state index in [-0.39, 0.29) is 0 Å². The van der Waals surface area contributed by atoms with Crippen LogP contribution in [0.5, 0.6) is 0 Å². The molecule has 0 spiro atoms. The molecule has 0 bridgehead atoms. The molecule has 0 unspecified atom stereocenters. The third kappa shape index (κ3) is 2.25. The van der Waals surface area contributed by atoms with Gasteiger partial charge in [0.1, 0.15) is 0 Å². The molecule has 5 heteroatoms. The van der Waals surface area contributed by atoms with E-state index in [1.54, 1.807) is 6.07 Å². The van der Waals surface area contributed by atoms with Gasteiger partial charge in [0, 0.05) is 11.4 Å². The van der Waals surface area contributed by atoms with Gasteiger partial charge in [-0.15, -0.1) is 12.6 Å². The van der Waals surface area contributed by atoms with Crippen LogP contribution in [0.4, 0.5) is 0 Å². The Morgan fingerprint density at radius 1 is 1.46 bits per heavy atom. The van der Waals surface area contributed by atoms with Gasteiger partial charge in [-0.25, -0.2) is 0 Å². The third-order valence-electron chi connectivity index (χ3n) is 2.04. The van der Waals surface area contributed by atoms with E-state index in [1.807, 2.05) is 13.0 Å². The zero-order chi connectivity index (χ0) is 10.0. The Morgan fingerprint density at radius 2 is 2.08 bits per heavy atom. The number of nitrogens with two attached hydrogens (primary N) is 1. The van der Waals surface area contributed by atoms with E-state index in [2.05, 4.69) is 12.6 Å². The summed E-state index contributed by atoms with van der Waals surface area (Å²) in [6.07, 6.45) is 0. The Labute approximate surface area is 83.1 Å². The number of rotatable bonds is 2. The Bertz CT molecular complexity index is 317. The normalized spacial score (nSPS) is 10.2. The molecule has 0 amide bonds. The summed E-state index contributed by atoms with van der Waals surface area (Å²) in [5, 5.41) is 18.1. The Balaban J connectivity index is 3.27. The van der Waals surface area contributed by atoms with E-state index < -0.39 is 7.12 Å². The molecule has 1 aromatic carbocycles. The van der Waals surface area contributed by atoms with Crippen molar-refractivity contribution in [1.82, 2.24) is 0 Å². The highest BCUT2D eigenvalue weighted by Gasteiger charge is 2.16. The number of hydrogen-bond acceptors (Lipinski definition) is 4. The van der Waals surface area contributed by atoms with E-state index in [4.69, 9.17) is 15.8 Å². The van der Waals surface area contributed by atoms with Gasteiger partial charge in [-0.1, -0.05) is 0 Å². The van der Waals surface area contributed by atoms with Crippen LogP contribution in [0.3, 0.4) is 0 Å². The smallest absolute Gasteiger partial charge is 0.423 e. The van der Waals surface area contributed by atoms with E-state index in [0.717, 1.165) is 11.1 Å². The zero-order valence-electron chi connectivity index (χ0n) is 7.36. The lowest BCUT2D eigenvalue weighted by atomic mass is 9.76. The number of thiol groups is 1. The molecule has 3 nitrogen and oxygen atoms in total. The van der Waals surface area contributed by atoms with E-state index >= 15 is 0 Å². The molecule has 4 N–H and O–H groups in total. The molecule has 70 valence electrons. The lowest BCUT2D eigenvalue weighted by Crippen LogP contribution is -2.33. The minimum atomic E-state index is -1.46. The molecule has 0 heterocycles. The summed E-state index contributed by atoms with van der Waals surface area (Å²) in [4.78, 5) is 0.689. The number of hydrogen-bond donors (Lipinski definition) is 4. The van der Waals surface area contributed by atoms with Gasteiger partial charge in [0.25, 0.3) is 0 Å². The molecule has 0 fully saturated rings. The highest BCUT2D eigenvalue weighted by Crippen LogP contribution is 2.12. The fourth-order valence-electron chi connectivity index (χ4n) is 1.26. The summed E-state index contributed by atoms with van der Waals surface area (Å²) in [7, 11) is -1.46. The second-order valence-corrected chi connectivity index (χ2v) is 3.41. The quantitative estimate of drug-likeness (QED) is 0.379. The second-order valence-electron chi connectivity index (χ2n) is 2.90. The van der Waals surface area contributed by atoms with Crippen molar-refractivity contribution < 1.29 is 10.0 Å². The molecule has 0 saturated carbocycles. The Hall–Kier alpha value is -0.485. The largest absolute Gasteiger partial charge is 0.488 e. The monoisotopic (exact) mass is 197 g/mol. The zero-order valence-corrected chi connectivity index (χ0v) is 8.25. The van der Waals surface area contributed by atoms with Gasteiger partial charge in [0.2, 0.25) is 0 Å². The topological polar surface area (TPSA) is 66.5 Å². The second kappa shape index (κ2) is 4.15. The average molecular weight is 197 g/mol. The first kappa shape index (κ1) is 10.6. The van der Waals surface area contributed by atoms with Crippen molar-refractivity contribution in [3.05, 3.63) is 23.3 Å². The van der Waals surface area contributed by atoms with Crippen molar-refractivity contribution >= 4 is 25.2 Å². The lowest BCUT2D eigenvalue weighted by molar-refractivity contribution is 0.425. The van der Waals surface area contributed by atoms with Gasteiger partial charge in [0.15, 0.2) is 0 Å². The minimum Gasteiger partial charge on any atom is -0.423 e. The predicted octanol–water partition coefficient (Wildman–Crippen LogP) is -0.578. The molecule has 0 aliphatic heterocycles. The van der Waals surface area contributed by atoms with Crippen LogP contribution in [0.15, 0.2) is 17.0 Å². The molecule has 0 aromatic heterocycles. The Kier molecular flexibility index (Phi) is 3.38. The maximum Gasteiger partial charge on any atom is 0.488 e. The summed E-state index contributed by atoms with van der Waals surface area (Å²) in [6, 6.07) is 3.45. The Morgan fingerprint density at radius 3 is 2.54 bits per heavy atom. The number of benzene rings is 1. The highest BCUT2D eigenvalue weighted by atomic mass is 32.1. The van der Waals surface area contributed by atoms with Crippen LogP contribution in [0.2, 0.25) is 0 Å². The van der Waals surface area contributed by atoms with Crippen LogP contribution in [0.25, 0.3) is 0 Å². The molecule has 0 saturated heterocycles. The standard InChI is InChI=1S/C8H12BNO2S/c1-5-6(4-10)2-7(13)3-8(5)9(11)12/h2-3,11-13H,4,10H2,1H3. The van der Waals surface area contributed by atoms with Gasteiger partial charge >= 0.3 is 7.12 Å². The predicted molar refractivity (Wildman–Crippen MR) is 56.1 cm³/mol. The van der Waals surface area contributed by atoms with Crippen LogP contribution in [-0.4, -0.2) is 17.2 Å². The summed E-state index contributed by atoms with van der Waals surface area (Å²) < 4.78 is 0. The molecule has 0 radical (unpaired) electrons. The summed E-state index contributed by atoms with van der Waals surface area (Å²) in [6.45, 7) is 2.18. The maximum atomic E-state index is 9.03. The molecule has 0 aliphatic carbocycles. The van der Waals surface area contributed by atoms with E-state index in [1.165, 1.54) is 0 Å². The summed E-state index contributed by atoms with van der Waals surface area (Å²) >= 11 is 4.14. The molecule has 1 aromatic rings. The van der Waals surface area contributed by atoms with Gasteiger partial charge in [0.05, 0.1) is 0 Å². The van der Waals surface area contributed by atoms with Crippen LogP contribution in [0.1, 0.15) is 11.1 Å². The molecule has 13 heavy (non-hydrogen) atoms. The fraction of sp³-hybridized carbons (Fsp3) is 0.250. The van der Waals surface area contributed by atoms with Crippen molar-refractivity contribution in [2.45, 2.75) is 18.4 Å². The van der Waals surface area contributed by atoms with E-state index in [0.29, 0.717) is 16.9 Å². The van der Waals surface area contributed by atoms with E-state index in [9.17, 15) is 0 Å². The van der Waals surface area contributed by atoms with Crippen molar-refractivity contribution in [2.24, 2.45) is 5.73 Å². The van der Waals surface area contributed by atoms with Crippen molar-refractivity contribution in [1.29, 1.82) is 0 Å². The first-order valence-electron chi connectivity index (χ1n) is 3.95. The van der Waals surface area contributed by atoms with Gasteiger partial charge in [-0.3, -0.25) is 0 Å².